The van der Waals surface area contributed by atoms with Crippen molar-refractivity contribution in [3.63, 3.8) is 0 Å². The highest BCUT2D eigenvalue weighted by atomic mass is 19.4. The molecule has 1 N–H and O–H groups in total. The highest BCUT2D eigenvalue weighted by Crippen LogP contribution is 2.19. The molecule has 0 amide bonds. The molecule has 1 aromatic rings. The van der Waals surface area contributed by atoms with Gasteiger partial charge in [0, 0.05) is 13.1 Å². The van der Waals surface area contributed by atoms with E-state index in [9.17, 15) is 22.8 Å². The van der Waals surface area contributed by atoms with Gasteiger partial charge in [0.25, 0.3) is 0 Å². The smallest absolute Gasteiger partial charge is 0.491 e. The van der Waals surface area contributed by atoms with Crippen LogP contribution in [0.25, 0.3) is 0 Å². The van der Waals surface area contributed by atoms with Crippen LogP contribution in [0.2, 0.25) is 0 Å². The Kier molecular flexibility index (Phi) is 10.6. The molecule has 8 heteroatoms. The molecule has 0 spiro atoms. The lowest BCUT2D eigenvalue weighted by Crippen LogP contribution is -2.29. The number of hydrogen-bond acceptors (Lipinski definition) is 5. The van der Waals surface area contributed by atoms with Gasteiger partial charge in [-0.05, 0) is 36.5 Å². The summed E-state index contributed by atoms with van der Waals surface area (Å²) in [5.41, 5.74) is 0.916. The monoisotopic (exact) mass is 403 g/mol. The molecule has 0 fully saturated rings. The van der Waals surface area contributed by atoms with Gasteiger partial charge >= 0.3 is 18.1 Å². The topological polar surface area (TPSA) is 64.6 Å². The van der Waals surface area contributed by atoms with Crippen LogP contribution in [0.15, 0.2) is 24.3 Å². The van der Waals surface area contributed by atoms with E-state index < -0.39 is 18.1 Å². The van der Waals surface area contributed by atoms with Crippen molar-refractivity contribution in [3.8, 4) is 5.75 Å². The molecule has 1 aromatic carbocycles. The van der Waals surface area contributed by atoms with E-state index in [2.05, 4.69) is 23.9 Å². The highest BCUT2D eigenvalue weighted by molar-refractivity contribution is 5.88. The van der Waals surface area contributed by atoms with Crippen LogP contribution in [0.1, 0.15) is 51.5 Å². The highest BCUT2D eigenvalue weighted by Gasteiger charge is 2.42. The van der Waals surface area contributed by atoms with Gasteiger partial charge in [0.1, 0.15) is 5.75 Å². The van der Waals surface area contributed by atoms with Gasteiger partial charge in [0.05, 0.1) is 13.0 Å². The maximum Gasteiger partial charge on any atom is 0.491 e. The summed E-state index contributed by atoms with van der Waals surface area (Å²) in [4.78, 5) is 21.8. The first kappa shape index (κ1) is 23.9. The van der Waals surface area contributed by atoms with E-state index in [1.54, 1.807) is 0 Å². The van der Waals surface area contributed by atoms with Gasteiger partial charge in [-0.3, -0.25) is 4.79 Å². The molecule has 0 aromatic heterocycles. The first-order valence-corrected chi connectivity index (χ1v) is 9.50. The number of carbonyl (C=O) groups is 2. The molecule has 0 radical (unpaired) electrons. The molecule has 0 aliphatic carbocycles. The number of hydrogen-bond donors (Lipinski definition) is 1. The predicted octanol–water partition coefficient (Wildman–Crippen LogP) is 4.39. The lowest BCUT2D eigenvalue weighted by molar-refractivity contribution is -0.201. The summed E-state index contributed by atoms with van der Waals surface area (Å²) in [6, 6.07) is 7.49. The van der Waals surface area contributed by atoms with Crippen molar-refractivity contribution in [2.24, 2.45) is 5.92 Å². The first-order valence-electron chi connectivity index (χ1n) is 9.50. The Balaban J connectivity index is 2.36. The van der Waals surface area contributed by atoms with Gasteiger partial charge in [0.2, 0.25) is 0 Å². The predicted molar refractivity (Wildman–Crippen MR) is 98.7 cm³/mol. The van der Waals surface area contributed by atoms with Crippen LogP contribution in [0, 0.1) is 5.92 Å². The molecular formula is C20H28F3NO4. The summed E-state index contributed by atoms with van der Waals surface area (Å²) in [6.45, 7) is 5.47. The van der Waals surface area contributed by atoms with Crippen molar-refractivity contribution in [1.29, 1.82) is 0 Å². The van der Waals surface area contributed by atoms with E-state index in [0.29, 0.717) is 19.1 Å². The van der Waals surface area contributed by atoms with E-state index in [0.717, 1.165) is 37.0 Å². The molecule has 0 unspecified atom stereocenters. The van der Waals surface area contributed by atoms with Crippen LogP contribution < -0.4 is 10.1 Å². The van der Waals surface area contributed by atoms with Gasteiger partial charge in [-0.1, -0.05) is 38.8 Å². The Labute approximate surface area is 163 Å². The number of alkyl halides is 3. The number of ether oxygens (including phenoxy) is 2. The summed E-state index contributed by atoms with van der Waals surface area (Å²) in [6.07, 6.45) is -1.02. The molecule has 0 aliphatic heterocycles. The first-order chi connectivity index (χ1) is 13.3. The number of nitrogens with one attached hydrogen (secondary N) is 1. The lowest BCUT2D eigenvalue weighted by Gasteiger charge is -2.16. The van der Waals surface area contributed by atoms with Crippen molar-refractivity contribution < 1.29 is 32.2 Å². The summed E-state index contributed by atoms with van der Waals surface area (Å²) in [7, 11) is 0. The van der Waals surface area contributed by atoms with Crippen molar-refractivity contribution >= 4 is 11.9 Å². The zero-order chi connectivity index (χ0) is 21.0. The van der Waals surface area contributed by atoms with E-state index in [1.807, 2.05) is 24.3 Å². The van der Waals surface area contributed by atoms with Crippen LogP contribution in [0.5, 0.6) is 5.75 Å². The molecule has 0 aliphatic rings. The number of esters is 2. The Morgan fingerprint density at radius 2 is 1.82 bits per heavy atom. The average Bonchev–Trinajstić information content (AvgIpc) is 2.63. The van der Waals surface area contributed by atoms with Crippen LogP contribution >= 0.6 is 0 Å². The van der Waals surface area contributed by atoms with Crippen molar-refractivity contribution in [2.45, 2.75) is 58.7 Å². The summed E-state index contributed by atoms with van der Waals surface area (Å²) in [5, 5.41) is 2.93. The maximum atomic E-state index is 12.0. The van der Waals surface area contributed by atoms with Crippen LogP contribution in [-0.4, -0.2) is 31.3 Å². The van der Waals surface area contributed by atoms with Gasteiger partial charge in [-0.2, -0.15) is 13.2 Å². The molecule has 0 saturated heterocycles. The minimum atomic E-state index is -5.17. The molecule has 0 bridgehead atoms. The second-order valence-corrected chi connectivity index (χ2v) is 6.59. The quantitative estimate of drug-likeness (QED) is 0.319. The standard InChI is InChI=1S/C20H28F3NO4/c1-3-6-15(7-4-2)14-27-17-9-5-8-16(12-17)13-24-11-10-18(25)28-19(26)20(21,22)23/h5,8-9,12,15,24H,3-4,6-7,10-11,13-14H2,1-2H3. The Morgan fingerprint density at radius 3 is 2.43 bits per heavy atom. The zero-order valence-corrected chi connectivity index (χ0v) is 16.3. The van der Waals surface area contributed by atoms with Gasteiger partial charge in [-0.15, -0.1) is 0 Å². The number of benzene rings is 1. The molecule has 1 rings (SSSR count). The van der Waals surface area contributed by atoms with Crippen molar-refractivity contribution in [3.05, 3.63) is 29.8 Å². The number of halogens is 3. The Morgan fingerprint density at radius 1 is 1.14 bits per heavy atom. The third-order valence-corrected chi connectivity index (χ3v) is 4.05. The molecule has 158 valence electrons. The second kappa shape index (κ2) is 12.4. The largest absolute Gasteiger partial charge is 0.493 e. The molecule has 0 heterocycles. The fourth-order valence-electron chi connectivity index (χ4n) is 2.72. The lowest BCUT2D eigenvalue weighted by atomic mass is 9.99. The van der Waals surface area contributed by atoms with E-state index >= 15 is 0 Å². The molecular weight excluding hydrogens is 375 g/mol. The van der Waals surface area contributed by atoms with Crippen molar-refractivity contribution in [1.82, 2.24) is 5.32 Å². The second-order valence-electron chi connectivity index (χ2n) is 6.59. The van der Waals surface area contributed by atoms with E-state index in [-0.39, 0.29) is 13.0 Å². The van der Waals surface area contributed by atoms with Crippen LogP contribution in [-0.2, 0) is 20.9 Å². The zero-order valence-electron chi connectivity index (χ0n) is 16.3. The molecule has 28 heavy (non-hydrogen) atoms. The maximum absolute atomic E-state index is 12.0. The summed E-state index contributed by atoms with van der Waals surface area (Å²) < 4.78 is 45.6. The van der Waals surface area contributed by atoms with Crippen molar-refractivity contribution in [2.75, 3.05) is 13.2 Å². The average molecular weight is 403 g/mol. The third kappa shape index (κ3) is 9.73. The fraction of sp³-hybridized carbons (Fsp3) is 0.600. The molecule has 0 atom stereocenters. The normalized spacial score (nSPS) is 11.5. The Bertz CT molecular complexity index is 614. The SMILES string of the molecule is CCCC(CCC)COc1cccc(CNCCC(=O)OC(=O)C(F)(F)F)c1. The van der Waals surface area contributed by atoms with E-state index in [4.69, 9.17) is 4.74 Å². The number of rotatable bonds is 12. The summed E-state index contributed by atoms with van der Waals surface area (Å²) in [5.74, 6) is -2.43. The summed E-state index contributed by atoms with van der Waals surface area (Å²) >= 11 is 0. The molecule has 0 saturated carbocycles. The van der Waals surface area contributed by atoms with E-state index in [1.165, 1.54) is 0 Å². The van der Waals surface area contributed by atoms with Crippen LogP contribution in [0.4, 0.5) is 13.2 Å². The number of carbonyl (C=O) groups excluding carboxylic acids is 2. The van der Waals surface area contributed by atoms with Gasteiger partial charge in [0.15, 0.2) is 0 Å². The molecule has 5 nitrogen and oxygen atoms in total. The fourth-order valence-corrected chi connectivity index (χ4v) is 2.72. The minimum Gasteiger partial charge on any atom is -0.493 e. The van der Waals surface area contributed by atoms with Gasteiger partial charge in [-0.25, -0.2) is 4.79 Å². The minimum absolute atomic E-state index is 0.0874. The Hall–Kier alpha value is -2.09. The van der Waals surface area contributed by atoms with Crippen LogP contribution in [0.3, 0.4) is 0 Å². The third-order valence-electron chi connectivity index (χ3n) is 4.05. The van der Waals surface area contributed by atoms with Gasteiger partial charge < -0.3 is 14.8 Å².